The van der Waals surface area contributed by atoms with Crippen LogP contribution >= 0.6 is 11.3 Å². The molecule has 0 bridgehead atoms. The maximum atomic E-state index is 3.59. The molecule has 0 amide bonds. The van der Waals surface area contributed by atoms with E-state index in [-0.39, 0.29) is 0 Å². The van der Waals surface area contributed by atoms with Crippen molar-refractivity contribution < 1.29 is 0 Å². The summed E-state index contributed by atoms with van der Waals surface area (Å²) in [6.45, 7) is 5.46. The van der Waals surface area contributed by atoms with Crippen LogP contribution in [0, 0.1) is 6.92 Å². The van der Waals surface area contributed by atoms with Gasteiger partial charge < -0.3 is 10.2 Å². The molecule has 1 saturated heterocycles. The van der Waals surface area contributed by atoms with Gasteiger partial charge in [0.1, 0.15) is 0 Å². The fourth-order valence-electron chi connectivity index (χ4n) is 2.62. The third-order valence-corrected chi connectivity index (χ3v) is 4.60. The van der Waals surface area contributed by atoms with Crippen LogP contribution in [0.5, 0.6) is 0 Å². The minimum atomic E-state index is 0.920. The lowest BCUT2D eigenvalue weighted by atomic mass is 10.2. The lowest BCUT2D eigenvalue weighted by Crippen LogP contribution is -2.19. The van der Waals surface area contributed by atoms with E-state index >= 15 is 0 Å². The van der Waals surface area contributed by atoms with Crippen molar-refractivity contribution in [1.29, 1.82) is 0 Å². The van der Waals surface area contributed by atoms with Crippen LogP contribution in [0.3, 0.4) is 0 Å². The molecule has 1 aliphatic heterocycles. The van der Waals surface area contributed by atoms with Gasteiger partial charge in [0, 0.05) is 29.4 Å². The van der Waals surface area contributed by atoms with Gasteiger partial charge in [-0.05, 0) is 44.0 Å². The molecule has 100 valence electrons. The third-order valence-electron chi connectivity index (χ3n) is 3.60. The molecule has 1 aromatic heterocycles. The molecule has 0 atom stereocenters. The number of nitrogens with one attached hydrogen (secondary N) is 1. The number of rotatable bonds is 4. The van der Waals surface area contributed by atoms with Gasteiger partial charge in [0.05, 0.1) is 11.4 Å². The first-order valence-corrected chi connectivity index (χ1v) is 7.78. The Morgan fingerprint density at radius 1 is 1.11 bits per heavy atom. The predicted octanol–water partition coefficient (Wildman–Crippen LogP) is 4.27. The number of benzene rings is 1. The van der Waals surface area contributed by atoms with Crippen LogP contribution in [0.4, 0.5) is 11.4 Å². The van der Waals surface area contributed by atoms with Gasteiger partial charge in [-0.2, -0.15) is 0 Å². The quantitative estimate of drug-likeness (QED) is 0.894. The summed E-state index contributed by atoms with van der Waals surface area (Å²) in [5.74, 6) is 0. The van der Waals surface area contributed by atoms with E-state index in [4.69, 9.17) is 0 Å². The van der Waals surface area contributed by atoms with Crippen LogP contribution in [0.2, 0.25) is 0 Å². The molecule has 1 N–H and O–H groups in total. The zero-order valence-corrected chi connectivity index (χ0v) is 12.2. The van der Waals surface area contributed by atoms with E-state index in [9.17, 15) is 0 Å². The molecule has 2 nitrogen and oxygen atoms in total. The molecule has 2 aromatic rings. The van der Waals surface area contributed by atoms with Gasteiger partial charge in [-0.3, -0.25) is 0 Å². The molecule has 2 heterocycles. The average molecular weight is 272 g/mol. The van der Waals surface area contributed by atoms with Gasteiger partial charge in [0.15, 0.2) is 0 Å². The van der Waals surface area contributed by atoms with Gasteiger partial charge in [-0.25, -0.2) is 0 Å². The van der Waals surface area contributed by atoms with Crippen molar-refractivity contribution in [1.82, 2.24) is 0 Å². The minimum Gasteiger partial charge on any atom is -0.378 e. The first-order chi connectivity index (χ1) is 9.33. The summed E-state index contributed by atoms with van der Waals surface area (Å²) < 4.78 is 0. The second-order valence-electron chi connectivity index (χ2n) is 5.08. The summed E-state index contributed by atoms with van der Waals surface area (Å²) in [5.41, 5.74) is 2.61. The van der Waals surface area contributed by atoms with Crippen molar-refractivity contribution in [3.63, 3.8) is 0 Å². The molecule has 0 aliphatic carbocycles. The number of thiophene rings is 1. The second kappa shape index (κ2) is 5.66. The van der Waals surface area contributed by atoms with Crippen molar-refractivity contribution in [3.8, 4) is 0 Å². The topological polar surface area (TPSA) is 15.3 Å². The van der Waals surface area contributed by atoms with Crippen molar-refractivity contribution in [2.75, 3.05) is 23.3 Å². The summed E-state index contributed by atoms with van der Waals surface area (Å²) in [6, 6.07) is 13.1. The van der Waals surface area contributed by atoms with Gasteiger partial charge in [-0.15, -0.1) is 11.3 Å². The molecule has 0 saturated carbocycles. The van der Waals surface area contributed by atoms with E-state index in [0.717, 1.165) is 6.54 Å². The lowest BCUT2D eigenvalue weighted by molar-refractivity contribution is 0.949. The predicted molar refractivity (Wildman–Crippen MR) is 84.3 cm³/mol. The SMILES string of the molecule is Cc1ccc(CNc2ccccc2N2CCCC2)s1. The van der Waals surface area contributed by atoms with E-state index in [1.165, 1.54) is 47.1 Å². The van der Waals surface area contributed by atoms with Crippen molar-refractivity contribution in [2.24, 2.45) is 0 Å². The Bertz CT molecular complexity index is 541. The highest BCUT2D eigenvalue weighted by molar-refractivity contribution is 7.11. The number of hydrogen-bond donors (Lipinski definition) is 1. The fraction of sp³-hybridized carbons (Fsp3) is 0.375. The Morgan fingerprint density at radius 3 is 2.63 bits per heavy atom. The van der Waals surface area contributed by atoms with Crippen molar-refractivity contribution in [3.05, 3.63) is 46.2 Å². The monoisotopic (exact) mass is 272 g/mol. The molecule has 3 rings (SSSR count). The first-order valence-electron chi connectivity index (χ1n) is 6.96. The van der Waals surface area contributed by atoms with Gasteiger partial charge in [0.2, 0.25) is 0 Å². The Kier molecular flexibility index (Phi) is 3.74. The van der Waals surface area contributed by atoms with Gasteiger partial charge >= 0.3 is 0 Å². The summed E-state index contributed by atoms with van der Waals surface area (Å²) in [5, 5.41) is 3.59. The second-order valence-corrected chi connectivity index (χ2v) is 6.45. The van der Waals surface area contributed by atoms with Crippen LogP contribution in [-0.4, -0.2) is 13.1 Å². The van der Waals surface area contributed by atoms with Gasteiger partial charge in [-0.1, -0.05) is 12.1 Å². The summed E-state index contributed by atoms with van der Waals surface area (Å²) in [4.78, 5) is 5.26. The molecular weight excluding hydrogens is 252 g/mol. The molecule has 3 heteroatoms. The van der Waals surface area contributed by atoms with Gasteiger partial charge in [0.25, 0.3) is 0 Å². The van der Waals surface area contributed by atoms with E-state index in [2.05, 4.69) is 53.5 Å². The molecule has 1 fully saturated rings. The standard InChI is InChI=1S/C16H20N2S/c1-13-8-9-14(19-13)12-17-15-6-2-3-7-16(15)18-10-4-5-11-18/h2-3,6-9,17H,4-5,10-12H2,1H3. The molecule has 19 heavy (non-hydrogen) atoms. The number of hydrogen-bond acceptors (Lipinski definition) is 3. The third kappa shape index (κ3) is 2.92. The Labute approximate surface area is 119 Å². The fourth-order valence-corrected chi connectivity index (χ4v) is 3.45. The molecular formula is C16H20N2S. The summed E-state index contributed by atoms with van der Waals surface area (Å²) in [6.07, 6.45) is 2.64. The van der Waals surface area contributed by atoms with Crippen LogP contribution in [-0.2, 0) is 6.54 Å². The van der Waals surface area contributed by atoms with Crippen LogP contribution < -0.4 is 10.2 Å². The van der Waals surface area contributed by atoms with Crippen LogP contribution in [0.1, 0.15) is 22.6 Å². The summed E-state index contributed by atoms with van der Waals surface area (Å²) >= 11 is 1.87. The zero-order chi connectivity index (χ0) is 13.1. The van der Waals surface area contributed by atoms with Crippen LogP contribution in [0.15, 0.2) is 36.4 Å². The maximum absolute atomic E-state index is 3.59. The average Bonchev–Trinajstić information content (AvgIpc) is 3.08. The Morgan fingerprint density at radius 2 is 1.89 bits per heavy atom. The molecule has 0 unspecified atom stereocenters. The number of aryl methyl sites for hydroxylation is 1. The molecule has 1 aliphatic rings. The van der Waals surface area contributed by atoms with E-state index in [0.29, 0.717) is 0 Å². The molecule has 0 radical (unpaired) electrons. The normalized spacial score (nSPS) is 14.9. The number of anilines is 2. The molecule has 1 aromatic carbocycles. The van der Waals surface area contributed by atoms with Crippen LogP contribution in [0.25, 0.3) is 0 Å². The Hall–Kier alpha value is -1.48. The van der Waals surface area contributed by atoms with E-state index in [1.54, 1.807) is 0 Å². The highest BCUT2D eigenvalue weighted by atomic mass is 32.1. The largest absolute Gasteiger partial charge is 0.378 e. The Balaban J connectivity index is 1.73. The smallest absolute Gasteiger partial charge is 0.0602 e. The van der Waals surface area contributed by atoms with Crippen molar-refractivity contribution in [2.45, 2.75) is 26.3 Å². The minimum absolute atomic E-state index is 0.920. The lowest BCUT2D eigenvalue weighted by Gasteiger charge is -2.21. The number of para-hydroxylation sites is 2. The molecule has 0 spiro atoms. The maximum Gasteiger partial charge on any atom is 0.0602 e. The van der Waals surface area contributed by atoms with E-state index < -0.39 is 0 Å². The first kappa shape index (κ1) is 12.5. The zero-order valence-electron chi connectivity index (χ0n) is 11.4. The highest BCUT2D eigenvalue weighted by Gasteiger charge is 2.15. The highest BCUT2D eigenvalue weighted by Crippen LogP contribution is 2.29. The summed E-state index contributed by atoms with van der Waals surface area (Å²) in [7, 11) is 0. The van der Waals surface area contributed by atoms with E-state index in [1.807, 2.05) is 11.3 Å². The van der Waals surface area contributed by atoms with Crippen molar-refractivity contribution >= 4 is 22.7 Å². The number of nitrogens with zero attached hydrogens (tertiary/aromatic N) is 1.